The highest BCUT2D eigenvalue weighted by atomic mass is 127. The van der Waals surface area contributed by atoms with Crippen molar-refractivity contribution in [3.63, 3.8) is 0 Å². The normalized spacial score (nSPS) is 14.9. The van der Waals surface area contributed by atoms with E-state index in [0.29, 0.717) is 6.04 Å². The summed E-state index contributed by atoms with van der Waals surface area (Å²) < 4.78 is 5.41. The Morgan fingerprint density at radius 2 is 1.86 bits per heavy atom. The van der Waals surface area contributed by atoms with Crippen molar-refractivity contribution in [2.45, 2.75) is 32.2 Å². The molecule has 29 heavy (non-hydrogen) atoms. The largest absolute Gasteiger partial charge is 0.496 e. The molecule has 0 unspecified atom stereocenters. The molecule has 1 fully saturated rings. The first-order chi connectivity index (χ1) is 13.7. The van der Waals surface area contributed by atoms with Crippen LogP contribution in [0, 0.1) is 6.92 Å². The zero-order valence-corrected chi connectivity index (χ0v) is 20.0. The Labute approximate surface area is 192 Å². The van der Waals surface area contributed by atoms with Crippen LogP contribution < -0.4 is 20.3 Å². The Morgan fingerprint density at radius 1 is 1.14 bits per heavy atom. The van der Waals surface area contributed by atoms with Gasteiger partial charge in [0.1, 0.15) is 5.75 Å². The molecule has 0 atom stereocenters. The van der Waals surface area contributed by atoms with Crippen molar-refractivity contribution in [2.24, 2.45) is 4.99 Å². The zero-order chi connectivity index (χ0) is 19.8. The van der Waals surface area contributed by atoms with Crippen LogP contribution in [0.5, 0.6) is 5.75 Å². The van der Waals surface area contributed by atoms with Gasteiger partial charge in [0, 0.05) is 38.4 Å². The summed E-state index contributed by atoms with van der Waals surface area (Å²) in [5, 5.41) is 7.03. The van der Waals surface area contributed by atoms with Gasteiger partial charge in [0.05, 0.1) is 7.11 Å². The Balaban J connectivity index is 0.00000300. The second kappa shape index (κ2) is 11.9. The van der Waals surface area contributed by atoms with Crippen molar-refractivity contribution in [2.75, 3.05) is 38.7 Å². The molecule has 1 aliphatic rings. The van der Waals surface area contributed by atoms with Crippen LogP contribution in [0.2, 0.25) is 0 Å². The van der Waals surface area contributed by atoms with Crippen LogP contribution in [0.25, 0.3) is 0 Å². The number of methoxy groups -OCH3 is 1. The molecule has 0 aliphatic carbocycles. The third-order valence-corrected chi connectivity index (χ3v) is 5.36. The number of nitrogens with zero attached hydrogens (tertiary/aromatic N) is 2. The molecule has 5 nitrogen and oxygen atoms in total. The Kier molecular flexibility index (Phi) is 9.57. The van der Waals surface area contributed by atoms with Gasteiger partial charge >= 0.3 is 0 Å². The van der Waals surface area contributed by atoms with Crippen molar-refractivity contribution in [3.8, 4) is 5.75 Å². The second-order valence-electron chi connectivity index (χ2n) is 7.29. The van der Waals surface area contributed by atoms with Crippen molar-refractivity contribution < 1.29 is 4.74 Å². The van der Waals surface area contributed by atoms with E-state index < -0.39 is 0 Å². The van der Waals surface area contributed by atoms with Gasteiger partial charge in [0.2, 0.25) is 0 Å². The van der Waals surface area contributed by atoms with E-state index in [-0.39, 0.29) is 24.0 Å². The smallest absolute Gasteiger partial charge is 0.191 e. The first-order valence-electron chi connectivity index (χ1n) is 10.1. The number of benzene rings is 2. The van der Waals surface area contributed by atoms with Crippen LogP contribution >= 0.6 is 24.0 Å². The lowest BCUT2D eigenvalue weighted by molar-refractivity contribution is 0.411. The van der Waals surface area contributed by atoms with Crippen molar-refractivity contribution in [3.05, 3.63) is 59.7 Å². The average Bonchev–Trinajstić information content (AvgIpc) is 2.75. The molecular weight excluding hydrogens is 475 g/mol. The maximum Gasteiger partial charge on any atom is 0.191 e. The number of ether oxygens (including phenoxy) is 1. The minimum absolute atomic E-state index is 0. The van der Waals surface area contributed by atoms with Gasteiger partial charge in [0.15, 0.2) is 5.96 Å². The number of piperidine rings is 1. The number of hydrogen-bond donors (Lipinski definition) is 2. The molecule has 2 aromatic carbocycles. The van der Waals surface area contributed by atoms with Gasteiger partial charge in [-0.15, -0.1) is 24.0 Å². The van der Waals surface area contributed by atoms with E-state index in [9.17, 15) is 0 Å². The van der Waals surface area contributed by atoms with E-state index >= 15 is 0 Å². The number of nitrogens with one attached hydrogen (secondary N) is 2. The minimum Gasteiger partial charge on any atom is -0.496 e. The summed E-state index contributed by atoms with van der Waals surface area (Å²) in [5.74, 6) is 1.84. The number of hydrogen-bond acceptors (Lipinski definition) is 3. The Bertz CT molecular complexity index is 774. The number of anilines is 1. The number of rotatable bonds is 6. The first-order valence-corrected chi connectivity index (χ1v) is 10.1. The van der Waals surface area contributed by atoms with Crippen LogP contribution in [0.15, 0.2) is 53.5 Å². The van der Waals surface area contributed by atoms with Crippen LogP contribution in [0.1, 0.15) is 24.0 Å². The number of aliphatic imine (C=N–C) groups is 1. The van der Waals surface area contributed by atoms with E-state index in [1.165, 1.54) is 16.8 Å². The lowest BCUT2D eigenvalue weighted by atomic mass is 10.0. The fourth-order valence-corrected chi connectivity index (χ4v) is 3.65. The first kappa shape index (κ1) is 23.3. The van der Waals surface area contributed by atoms with E-state index in [0.717, 1.165) is 50.6 Å². The summed E-state index contributed by atoms with van der Waals surface area (Å²) in [4.78, 5) is 6.85. The number of halogens is 1. The third-order valence-electron chi connectivity index (χ3n) is 5.36. The monoisotopic (exact) mass is 508 g/mol. The lowest BCUT2D eigenvalue weighted by Crippen LogP contribution is -2.49. The third kappa shape index (κ3) is 6.80. The Hall–Kier alpha value is -1.96. The van der Waals surface area contributed by atoms with E-state index in [1.807, 2.05) is 7.05 Å². The molecule has 1 saturated heterocycles. The van der Waals surface area contributed by atoms with Gasteiger partial charge in [-0.1, -0.05) is 30.3 Å². The maximum absolute atomic E-state index is 5.41. The molecule has 0 radical (unpaired) electrons. The van der Waals surface area contributed by atoms with Crippen LogP contribution in [0.4, 0.5) is 5.69 Å². The van der Waals surface area contributed by atoms with Gasteiger partial charge in [-0.2, -0.15) is 0 Å². The molecular formula is C23H33IN4O. The summed E-state index contributed by atoms with van der Waals surface area (Å²) in [6.07, 6.45) is 3.17. The maximum atomic E-state index is 5.41. The highest BCUT2D eigenvalue weighted by molar-refractivity contribution is 14.0. The molecule has 158 valence electrons. The van der Waals surface area contributed by atoms with E-state index in [4.69, 9.17) is 4.74 Å². The van der Waals surface area contributed by atoms with Crippen molar-refractivity contribution >= 4 is 35.6 Å². The predicted octanol–water partition coefficient (Wildman–Crippen LogP) is 4.00. The molecule has 1 aliphatic heterocycles. The molecule has 0 amide bonds. The number of aryl methyl sites for hydroxylation is 1. The molecule has 2 N–H and O–H groups in total. The van der Waals surface area contributed by atoms with Gasteiger partial charge < -0.3 is 20.3 Å². The van der Waals surface area contributed by atoms with Crippen LogP contribution in [-0.2, 0) is 6.42 Å². The van der Waals surface area contributed by atoms with Gasteiger partial charge in [-0.05, 0) is 55.5 Å². The van der Waals surface area contributed by atoms with Crippen LogP contribution in [-0.4, -0.2) is 45.8 Å². The standard InChI is InChI=1S/C23H32N4O.HI/c1-18-9-10-19(17-22(18)28-3)11-14-25-23(24-2)26-20-12-15-27(16-13-20)21-7-5-4-6-8-21;/h4-10,17,20H,11-16H2,1-3H3,(H2,24,25,26);1H. The SMILES string of the molecule is CN=C(NCCc1ccc(C)c(OC)c1)NC1CCN(c2ccccc2)CC1.I. The molecule has 2 aromatic rings. The fraction of sp³-hybridized carbons (Fsp3) is 0.435. The summed E-state index contributed by atoms with van der Waals surface area (Å²) in [7, 11) is 3.56. The topological polar surface area (TPSA) is 48.9 Å². The molecule has 0 saturated carbocycles. The summed E-state index contributed by atoms with van der Waals surface area (Å²) >= 11 is 0. The highest BCUT2D eigenvalue weighted by Crippen LogP contribution is 2.20. The van der Waals surface area contributed by atoms with Crippen LogP contribution in [0.3, 0.4) is 0 Å². The zero-order valence-electron chi connectivity index (χ0n) is 17.6. The Morgan fingerprint density at radius 3 is 2.52 bits per heavy atom. The van der Waals surface area contributed by atoms with E-state index in [1.54, 1.807) is 7.11 Å². The molecule has 1 heterocycles. The molecule has 0 aromatic heterocycles. The molecule has 0 bridgehead atoms. The minimum atomic E-state index is 0. The highest BCUT2D eigenvalue weighted by Gasteiger charge is 2.20. The number of para-hydroxylation sites is 1. The van der Waals surface area contributed by atoms with Gasteiger partial charge in [0.25, 0.3) is 0 Å². The summed E-state index contributed by atoms with van der Waals surface area (Å²) in [6, 6.07) is 17.5. The average molecular weight is 508 g/mol. The quantitative estimate of drug-likeness (QED) is 0.352. The molecule has 6 heteroatoms. The fourth-order valence-electron chi connectivity index (χ4n) is 3.65. The predicted molar refractivity (Wildman–Crippen MR) is 133 cm³/mol. The summed E-state index contributed by atoms with van der Waals surface area (Å²) in [5.41, 5.74) is 3.75. The van der Waals surface area contributed by atoms with Gasteiger partial charge in [-0.25, -0.2) is 0 Å². The molecule has 0 spiro atoms. The van der Waals surface area contributed by atoms with Gasteiger partial charge in [-0.3, -0.25) is 4.99 Å². The van der Waals surface area contributed by atoms with Crippen molar-refractivity contribution in [1.29, 1.82) is 0 Å². The number of guanidine groups is 1. The second-order valence-corrected chi connectivity index (χ2v) is 7.29. The lowest BCUT2D eigenvalue weighted by Gasteiger charge is -2.34. The van der Waals surface area contributed by atoms with Crippen molar-refractivity contribution in [1.82, 2.24) is 10.6 Å². The summed E-state index contributed by atoms with van der Waals surface area (Å²) in [6.45, 7) is 5.05. The van der Waals surface area contributed by atoms with E-state index in [2.05, 4.69) is 76.0 Å². The molecule has 3 rings (SSSR count).